The summed E-state index contributed by atoms with van der Waals surface area (Å²) in [5.41, 5.74) is 9.13. The predicted octanol–water partition coefficient (Wildman–Crippen LogP) is 12.2. The molecule has 0 saturated carbocycles. The van der Waals surface area contributed by atoms with E-state index in [1.807, 2.05) is 19.1 Å². The molecule has 0 aliphatic carbocycles. The van der Waals surface area contributed by atoms with Crippen molar-refractivity contribution >= 4 is 11.6 Å². The lowest BCUT2D eigenvalue weighted by atomic mass is 9.80. The van der Waals surface area contributed by atoms with Gasteiger partial charge in [-0.2, -0.15) is 0 Å². The first-order valence-corrected chi connectivity index (χ1v) is 20.2. The highest BCUT2D eigenvalue weighted by molar-refractivity contribution is 5.77. The van der Waals surface area contributed by atoms with E-state index in [1.165, 1.54) is 13.8 Å². The number of Topliss-reactive ketones (excluding diaryl/α,β-unsaturated/α-hetero) is 2. The van der Waals surface area contributed by atoms with Crippen molar-refractivity contribution < 1.29 is 29.3 Å². The molecule has 0 atom stereocenters. The summed E-state index contributed by atoms with van der Waals surface area (Å²) in [4.78, 5) is 24.5. The maximum atomic E-state index is 12.4. The molecule has 0 aliphatic rings. The van der Waals surface area contributed by atoms with Crippen LogP contribution in [0.25, 0.3) is 0 Å². The van der Waals surface area contributed by atoms with Crippen LogP contribution in [0.1, 0.15) is 154 Å². The fourth-order valence-electron chi connectivity index (χ4n) is 6.73. The molecular weight excluding hydrogens is 709 g/mol. The van der Waals surface area contributed by atoms with Crippen molar-refractivity contribution in [2.45, 2.75) is 146 Å². The van der Waals surface area contributed by atoms with Crippen molar-refractivity contribution in [1.29, 1.82) is 0 Å². The van der Waals surface area contributed by atoms with Gasteiger partial charge in [0.25, 0.3) is 0 Å². The van der Waals surface area contributed by atoms with Crippen LogP contribution in [0.15, 0.2) is 72.0 Å². The zero-order chi connectivity index (χ0) is 43.4. The van der Waals surface area contributed by atoms with Crippen LogP contribution < -0.4 is 9.47 Å². The average Bonchev–Trinajstić information content (AvgIpc) is 3.04. The summed E-state index contributed by atoms with van der Waals surface area (Å²) in [5.74, 6) is 1.41. The summed E-state index contributed by atoms with van der Waals surface area (Å²) in [5, 5.41) is 23.3. The highest BCUT2D eigenvalue weighted by Gasteiger charge is 2.26. The van der Waals surface area contributed by atoms with Crippen molar-refractivity contribution in [3.63, 3.8) is 0 Å². The maximum absolute atomic E-state index is 12.4. The van der Waals surface area contributed by atoms with Crippen LogP contribution >= 0.6 is 0 Å². The predicted molar refractivity (Wildman–Crippen MR) is 237 cm³/mol. The molecule has 3 aromatic carbocycles. The molecule has 310 valence electrons. The molecule has 0 saturated heterocycles. The van der Waals surface area contributed by atoms with Gasteiger partial charge in [-0.1, -0.05) is 138 Å². The topological polar surface area (TPSA) is 93.1 Å². The Bertz CT molecular complexity index is 2040. The number of rotatable bonds is 14. The van der Waals surface area contributed by atoms with Crippen LogP contribution in [0.4, 0.5) is 0 Å². The second kappa shape index (κ2) is 17.9. The van der Waals surface area contributed by atoms with E-state index < -0.39 is 0 Å². The van der Waals surface area contributed by atoms with Crippen LogP contribution in [0.2, 0.25) is 0 Å². The number of carbonyl (C=O) groups excluding carboxylic acids is 2. The Morgan fingerprint density at radius 3 is 1.40 bits per heavy atom. The third-order valence-electron chi connectivity index (χ3n) is 10.3. The van der Waals surface area contributed by atoms with Gasteiger partial charge in [0, 0.05) is 19.3 Å². The van der Waals surface area contributed by atoms with Gasteiger partial charge in [-0.05, 0) is 111 Å². The Kier molecular flexibility index (Phi) is 14.7. The maximum Gasteiger partial charge on any atom is 0.167 e. The summed E-state index contributed by atoms with van der Waals surface area (Å²) in [6, 6.07) is 12.7. The van der Waals surface area contributed by atoms with Crippen molar-refractivity contribution in [1.82, 2.24) is 0 Å². The van der Waals surface area contributed by atoms with Crippen molar-refractivity contribution in [3.05, 3.63) is 122 Å². The SMILES string of the molecule is C=C/C(=C\C(Cc1cc(C(C)(C)C)cc(Cc2cc(C(C)(C)C)cc(Cc3cc(C(C)(C)C)cc(C)c3OCC(C)=O)c2O)c1OCC(C)=O)=C(/C)O)C(C)(C)C. The van der Waals surface area contributed by atoms with E-state index in [4.69, 9.17) is 9.47 Å². The molecule has 0 aromatic heterocycles. The van der Waals surface area contributed by atoms with E-state index in [0.29, 0.717) is 30.8 Å². The Morgan fingerprint density at radius 1 is 0.632 bits per heavy atom. The molecule has 3 aromatic rings. The summed E-state index contributed by atoms with van der Waals surface area (Å²) >= 11 is 0. The van der Waals surface area contributed by atoms with Crippen molar-refractivity contribution in [2.24, 2.45) is 5.41 Å². The van der Waals surface area contributed by atoms with Gasteiger partial charge in [0.15, 0.2) is 11.6 Å². The van der Waals surface area contributed by atoms with E-state index in [-0.39, 0.29) is 57.9 Å². The standard InChI is InChI=1S/C51H70O6/c1-18-41(48(6,7)8)23-35(34(5)54)20-39-27-44(51(15,16)17)28-40(47(39)57-30-33(4)53)22-37-25-43(50(12,13)14)24-36(45(37)55)21-38-26-42(49(9,10)11)19-31(2)46(38)56-29-32(3)52/h18-19,23-28,54-55H,1,20-22,29-30H2,2-17H3/b35-34+,41-23+. The zero-order valence-electron chi connectivity index (χ0n) is 37.9. The van der Waals surface area contributed by atoms with Crippen molar-refractivity contribution in [2.75, 3.05) is 13.2 Å². The number of aromatic hydroxyl groups is 1. The summed E-state index contributed by atoms with van der Waals surface area (Å²) in [7, 11) is 0. The number of benzene rings is 3. The number of carbonyl (C=O) groups is 2. The third kappa shape index (κ3) is 12.7. The second-order valence-corrected chi connectivity index (χ2v) is 20.0. The molecule has 3 rings (SSSR count). The van der Waals surface area contributed by atoms with E-state index in [9.17, 15) is 19.8 Å². The monoisotopic (exact) mass is 779 g/mol. The summed E-state index contributed by atoms with van der Waals surface area (Å²) in [6.07, 6.45) is 4.89. The largest absolute Gasteiger partial charge is 0.512 e. The van der Waals surface area contributed by atoms with Crippen LogP contribution in [0, 0.1) is 12.3 Å². The Morgan fingerprint density at radius 2 is 1.02 bits per heavy atom. The van der Waals surface area contributed by atoms with Crippen LogP contribution in [0.5, 0.6) is 17.2 Å². The number of phenols is 1. The Labute approximate surface area is 344 Å². The first-order valence-electron chi connectivity index (χ1n) is 20.2. The number of phenolic OH excluding ortho intramolecular Hbond substituents is 1. The number of allylic oxidation sites excluding steroid dienone is 5. The van der Waals surface area contributed by atoms with E-state index in [2.05, 4.69) is 126 Å². The average molecular weight is 779 g/mol. The number of ketones is 2. The van der Waals surface area contributed by atoms with Gasteiger partial charge < -0.3 is 19.7 Å². The Hall–Kier alpha value is -4.58. The van der Waals surface area contributed by atoms with Gasteiger partial charge in [0.05, 0.1) is 5.76 Å². The molecular formula is C51H70O6. The van der Waals surface area contributed by atoms with Gasteiger partial charge in [0.1, 0.15) is 30.5 Å². The lowest BCUT2D eigenvalue weighted by molar-refractivity contribution is -0.119. The van der Waals surface area contributed by atoms with E-state index in [0.717, 1.165) is 61.2 Å². The Balaban J connectivity index is 2.39. The molecule has 6 heteroatoms. The van der Waals surface area contributed by atoms with Gasteiger partial charge in [-0.15, -0.1) is 0 Å². The normalized spacial score (nSPS) is 13.3. The first-order chi connectivity index (χ1) is 26.0. The number of hydrogen-bond acceptors (Lipinski definition) is 6. The molecule has 57 heavy (non-hydrogen) atoms. The lowest BCUT2D eigenvalue weighted by Crippen LogP contribution is -2.16. The zero-order valence-corrected chi connectivity index (χ0v) is 37.9. The number of aliphatic hydroxyl groups is 1. The van der Waals surface area contributed by atoms with Crippen LogP contribution in [-0.4, -0.2) is 35.0 Å². The fourth-order valence-corrected chi connectivity index (χ4v) is 6.73. The van der Waals surface area contributed by atoms with E-state index in [1.54, 1.807) is 6.92 Å². The van der Waals surface area contributed by atoms with Crippen molar-refractivity contribution in [3.8, 4) is 17.2 Å². The molecule has 0 heterocycles. The number of ether oxygens (including phenoxy) is 2. The molecule has 0 spiro atoms. The van der Waals surface area contributed by atoms with Gasteiger partial charge >= 0.3 is 0 Å². The molecule has 0 aliphatic heterocycles. The van der Waals surface area contributed by atoms with Gasteiger partial charge in [0.2, 0.25) is 0 Å². The first kappa shape index (κ1) is 46.8. The van der Waals surface area contributed by atoms with E-state index >= 15 is 0 Å². The molecule has 0 bridgehead atoms. The minimum atomic E-state index is -0.249. The number of aliphatic hydroxyl groups excluding tert-OH is 1. The molecule has 0 fully saturated rings. The molecule has 0 unspecified atom stereocenters. The van der Waals surface area contributed by atoms with Crippen LogP contribution in [0.3, 0.4) is 0 Å². The molecule has 0 radical (unpaired) electrons. The lowest BCUT2D eigenvalue weighted by Gasteiger charge is -2.27. The molecule has 6 nitrogen and oxygen atoms in total. The van der Waals surface area contributed by atoms with Gasteiger partial charge in [-0.3, -0.25) is 9.59 Å². The molecule has 2 N–H and O–H groups in total. The number of aryl methyl sites for hydroxylation is 1. The second-order valence-electron chi connectivity index (χ2n) is 20.0. The van der Waals surface area contributed by atoms with Crippen LogP contribution in [-0.2, 0) is 45.1 Å². The fraction of sp³-hybridized carbons (Fsp3) is 0.490. The number of hydrogen-bond donors (Lipinski definition) is 2. The minimum Gasteiger partial charge on any atom is -0.512 e. The highest BCUT2D eigenvalue weighted by atomic mass is 16.5. The summed E-state index contributed by atoms with van der Waals surface area (Å²) in [6.45, 7) is 36.4. The van der Waals surface area contributed by atoms with Gasteiger partial charge in [-0.25, -0.2) is 0 Å². The quantitative estimate of drug-likeness (QED) is 0.125. The smallest absolute Gasteiger partial charge is 0.167 e. The summed E-state index contributed by atoms with van der Waals surface area (Å²) < 4.78 is 12.6. The third-order valence-corrected chi connectivity index (χ3v) is 10.3. The molecule has 0 amide bonds. The minimum absolute atomic E-state index is 0.0366. The highest BCUT2D eigenvalue weighted by Crippen LogP contribution is 2.41.